The van der Waals surface area contributed by atoms with Crippen molar-refractivity contribution < 1.29 is 23.4 Å². The van der Waals surface area contributed by atoms with Gasteiger partial charge in [-0.2, -0.15) is 0 Å². The van der Waals surface area contributed by atoms with E-state index in [2.05, 4.69) is 10.3 Å². The lowest BCUT2D eigenvalue weighted by atomic mass is 10.1. The Bertz CT molecular complexity index is 1180. The van der Waals surface area contributed by atoms with E-state index in [0.29, 0.717) is 33.6 Å². The molecular weight excluding hydrogens is 392 g/mol. The van der Waals surface area contributed by atoms with Crippen LogP contribution in [-0.2, 0) is 0 Å². The van der Waals surface area contributed by atoms with Crippen LogP contribution in [0.5, 0.6) is 17.2 Å². The Morgan fingerprint density at radius 2 is 1.93 bits per heavy atom. The molecule has 1 amide bonds. The van der Waals surface area contributed by atoms with E-state index >= 15 is 0 Å². The van der Waals surface area contributed by atoms with Gasteiger partial charge in [0, 0.05) is 10.8 Å². The zero-order chi connectivity index (χ0) is 20.4. The van der Waals surface area contributed by atoms with Crippen molar-refractivity contribution in [3.8, 4) is 28.7 Å². The summed E-state index contributed by atoms with van der Waals surface area (Å²) in [4.78, 5) is 17.2. The van der Waals surface area contributed by atoms with E-state index in [1.807, 2.05) is 29.6 Å². The van der Waals surface area contributed by atoms with E-state index < -0.39 is 0 Å². The Morgan fingerprint density at radius 1 is 1.07 bits per heavy atom. The third-order valence-electron chi connectivity index (χ3n) is 4.35. The average molecular weight is 410 g/mol. The number of thiazole rings is 1. The van der Waals surface area contributed by atoms with Gasteiger partial charge in [-0.25, -0.2) is 4.98 Å². The van der Waals surface area contributed by atoms with Crippen LogP contribution in [0.25, 0.3) is 22.4 Å². The SMILES string of the molecule is COc1ccc2oc(-c3csc(NC(=O)c4cccc(OC)c4OC)n3)cc2c1. The first-order valence-corrected chi connectivity index (χ1v) is 9.56. The first-order valence-electron chi connectivity index (χ1n) is 8.68. The Balaban J connectivity index is 1.58. The van der Waals surface area contributed by atoms with Crippen LogP contribution in [0.2, 0.25) is 0 Å². The Labute approximate surface area is 170 Å². The highest BCUT2D eigenvalue weighted by molar-refractivity contribution is 7.14. The van der Waals surface area contributed by atoms with Crippen molar-refractivity contribution in [2.45, 2.75) is 0 Å². The molecule has 148 valence electrons. The van der Waals surface area contributed by atoms with Crippen molar-refractivity contribution in [1.82, 2.24) is 4.98 Å². The lowest BCUT2D eigenvalue weighted by molar-refractivity contribution is 0.102. The maximum Gasteiger partial charge on any atom is 0.261 e. The van der Waals surface area contributed by atoms with Gasteiger partial charge in [0.1, 0.15) is 17.0 Å². The second-order valence-electron chi connectivity index (χ2n) is 6.05. The van der Waals surface area contributed by atoms with Gasteiger partial charge < -0.3 is 18.6 Å². The number of anilines is 1. The molecule has 0 atom stereocenters. The molecule has 0 aliphatic carbocycles. The first-order chi connectivity index (χ1) is 14.1. The topological polar surface area (TPSA) is 82.8 Å². The summed E-state index contributed by atoms with van der Waals surface area (Å²) in [6.07, 6.45) is 0. The van der Waals surface area contributed by atoms with Crippen molar-refractivity contribution in [3.63, 3.8) is 0 Å². The third-order valence-corrected chi connectivity index (χ3v) is 5.11. The van der Waals surface area contributed by atoms with Crippen LogP contribution in [0.15, 0.2) is 52.3 Å². The number of benzene rings is 2. The third kappa shape index (κ3) is 3.62. The van der Waals surface area contributed by atoms with Crippen molar-refractivity contribution in [3.05, 3.63) is 53.4 Å². The van der Waals surface area contributed by atoms with E-state index in [0.717, 1.165) is 16.7 Å². The molecule has 0 aliphatic heterocycles. The molecule has 0 spiro atoms. The second-order valence-corrected chi connectivity index (χ2v) is 6.91. The number of carbonyl (C=O) groups excluding carboxylic acids is 1. The monoisotopic (exact) mass is 410 g/mol. The van der Waals surface area contributed by atoms with Crippen LogP contribution in [0, 0.1) is 0 Å². The molecular formula is C21H18N2O5S. The molecule has 8 heteroatoms. The lowest BCUT2D eigenvalue weighted by Gasteiger charge is -2.11. The van der Waals surface area contributed by atoms with Crippen molar-refractivity contribution in [2.75, 3.05) is 26.6 Å². The summed E-state index contributed by atoms with van der Waals surface area (Å²) in [6, 6.07) is 12.6. The molecule has 0 saturated heterocycles. The molecule has 0 fully saturated rings. The number of ether oxygens (including phenoxy) is 3. The number of methoxy groups -OCH3 is 3. The van der Waals surface area contributed by atoms with Crippen molar-refractivity contribution in [1.29, 1.82) is 0 Å². The highest BCUT2D eigenvalue weighted by atomic mass is 32.1. The highest BCUT2D eigenvalue weighted by Gasteiger charge is 2.18. The molecule has 2 aromatic heterocycles. The molecule has 0 saturated carbocycles. The fourth-order valence-electron chi connectivity index (χ4n) is 2.95. The summed E-state index contributed by atoms with van der Waals surface area (Å²) in [5.41, 5.74) is 1.73. The Hall–Kier alpha value is -3.52. The number of furan rings is 1. The number of amides is 1. The van der Waals surface area contributed by atoms with Gasteiger partial charge in [-0.1, -0.05) is 6.07 Å². The largest absolute Gasteiger partial charge is 0.497 e. The highest BCUT2D eigenvalue weighted by Crippen LogP contribution is 2.34. The number of carbonyl (C=O) groups is 1. The van der Waals surface area contributed by atoms with E-state index in [1.165, 1.54) is 25.6 Å². The summed E-state index contributed by atoms with van der Waals surface area (Å²) in [7, 11) is 4.64. The van der Waals surface area contributed by atoms with Crippen LogP contribution in [0.3, 0.4) is 0 Å². The van der Waals surface area contributed by atoms with E-state index in [9.17, 15) is 4.79 Å². The molecule has 0 radical (unpaired) electrons. The van der Waals surface area contributed by atoms with Crippen LogP contribution in [0.4, 0.5) is 5.13 Å². The van der Waals surface area contributed by atoms with Gasteiger partial charge in [0.25, 0.3) is 5.91 Å². The summed E-state index contributed by atoms with van der Waals surface area (Å²) < 4.78 is 21.7. The summed E-state index contributed by atoms with van der Waals surface area (Å²) in [5, 5.41) is 5.99. The number of hydrogen-bond acceptors (Lipinski definition) is 7. The van der Waals surface area contributed by atoms with Gasteiger partial charge in [-0.15, -0.1) is 11.3 Å². The number of nitrogens with zero attached hydrogens (tertiary/aromatic N) is 1. The van der Waals surface area contributed by atoms with Crippen molar-refractivity contribution in [2.24, 2.45) is 0 Å². The van der Waals surface area contributed by atoms with Gasteiger partial charge >= 0.3 is 0 Å². The quantitative estimate of drug-likeness (QED) is 0.490. The van der Waals surface area contributed by atoms with Gasteiger partial charge in [0.05, 0.1) is 26.9 Å². The number of rotatable bonds is 6. The van der Waals surface area contributed by atoms with Crippen molar-refractivity contribution >= 4 is 33.3 Å². The molecule has 4 rings (SSSR count). The fourth-order valence-corrected chi connectivity index (χ4v) is 3.64. The Morgan fingerprint density at radius 3 is 2.69 bits per heavy atom. The standard InChI is InChI=1S/C21H18N2O5S/c1-25-13-7-8-16-12(9-13)10-18(28-16)15-11-29-21(22-15)23-20(24)14-5-4-6-17(26-2)19(14)27-3/h4-11H,1-3H3,(H,22,23,24). The van der Waals surface area contributed by atoms with Gasteiger partial charge in [-0.3, -0.25) is 10.1 Å². The summed E-state index contributed by atoms with van der Waals surface area (Å²) in [5.74, 6) is 1.89. The molecule has 4 aromatic rings. The molecule has 0 bridgehead atoms. The zero-order valence-electron chi connectivity index (χ0n) is 16.0. The number of fused-ring (bicyclic) bond motifs is 1. The summed E-state index contributed by atoms with van der Waals surface area (Å²) >= 11 is 1.31. The molecule has 7 nitrogen and oxygen atoms in total. The molecule has 29 heavy (non-hydrogen) atoms. The zero-order valence-corrected chi connectivity index (χ0v) is 16.8. The molecule has 2 aromatic carbocycles. The predicted molar refractivity (Wildman–Crippen MR) is 111 cm³/mol. The fraction of sp³-hybridized carbons (Fsp3) is 0.143. The smallest absolute Gasteiger partial charge is 0.261 e. The second kappa shape index (κ2) is 7.84. The van der Waals surface area contributed by atoms with Gasteiger partial charge in [-0.05, 0) is 36.4 Å². The number of para-hydroxylation sites is 1. The summed E-state index contributed by atoms with van der Waals surface area (Å²) in [6.45, 7) is 0. The van der Waals surface area contributed by atoms with Crippen LogP contribution in [-0.4, -0.2) is 32.2 Å². The normalized spacial score (nSPS) is 10.7. The van der Waals surface area contributed by atoms with E-state index in [1.54, 1.807) is 25.3 Å². The van der Waals surface area contributed by atoms with Crippen LogP contribution < -0.4 is 19.5 Å². The molecule has 0 aliphatic rings. The van der Waals surface area contributed by atoms with Gasteiger partial charge in [0.2, 0.25) is 0 Å². The maximum atomic E-state index is 12.7. The average Bonchev–Trinajstić information content (AvgIpc) is 3.38. The molecule has 2 heterocycles. The predicted octanol–water partition coefficient (Wildman–Crippen LogP) is 4.83. The number of hydrogen-bond donors (Lipinski definition) is 1. The lowest BCUT2D eigenvalue weighted by Crippen LogP contribution is -2.13. The molecule has 0 unspecified atom stereocenters. The minimum Gasteiger partial charge on any atom is -0.497 e. The van der Waals surface area contributed by atoms with E-state index in [4.69, 9.17) is 18.6 Å². The van der Waals surface area contributed by atoms with E-state index in [-0.39, 0.29) is 5.91 Å². The number of aromatic nitrogens is 1. The minimum absolute atomic E-state index is 0.337. The maximum absolute atomic E-state index is 12.7. The molecule has 1 N–H and O–H groups in total. The minimum atomic E-state index is -0.337. The van der Waals surface area contributed by atoms with Crippen LogP contribution >= 0.6 is 11.3 Å². The van der Waals surface area contributed by atoms with Crippen LogP contribution in [0.1, 0.15) is 10.4 Å². The van der Waals surface area contributed by atoms with Gasteiger partial charge in [0.15, 0.2) is 22.4 Å². The number of nitrogens with one attached hydrogen (secondary N) is 1. The first kappa shape index (κ1) is 18.8. The Kier molecular flexibility index (Phi) is 5.09.